The molecule has 170 valence electrons. The lowest BCUT2D eigenvalue weighted by molar-refractivity contribution is -0.140. The number of para-hydroxylation sites is 1. The number of fused-ring (bicyclic) bond motifs is 1. The summed E-state index contributed by atoms with van der Waals surface area (Å²) in [6.07, 6.45) is 4.40. The second kappa shape index (κ2) is 11.5. The molecule has 1 aromatic rings. The van der Waals surface area contributed by atoms with Crippen molar-refractivity contribution in [1.29, 1.82) is 0 Å². The van der Waals surface area contributed by atoms with Gasteiger partial charge in [-0.1, -0.05) is 18.2 Å². The van der Waals surface area contributed by atoms with E-state index in [2.05, 4.69) is 10.6 Å². The van der Waals surface area contributed by atoms with E-state index >= 15 is 0 Å². The van der Waals surface area contributed by atoms with E-state index in [1.807, 2.05) is 12.1 Å². The Morgan fingerprint density at radius 1 is 1.19 bits per heavy atom. The van der Waals surface area contributed by atoms with Crippen molar-refractivity contribution in [2.45, 2.75) is 44.2 Å². The van der Waals surface area contributed by atoms with Crippen molar-refractivity contribution in [1.82, 2.24) is 10.6 Å². The van der Waals surface area contributed by atoms with Crippen LogP contribution in [-0.4, -0.2) is 71.3 Å². The first-order valence-corrected chi connectivity index (χ1v) is 12.0. The van der Waals surface area contributed by atoms with Crippen LogP contribution >= 0.6 is 11.8 Å². The third kappa shape index (κ3) is 6.69. The lowest BCUT2D eigenvalue weighted by Gasteiger charge is -2.27. The number of nitrogens with zero attached hydrogens (tertiary/aromatic N) is 1. The number of hydrogen-bond acceptors (Lipinski definition) is 6. The molecule has 0 aliphatic carbocycles. The summed E-state index contributed by atoms with van der Waals surface area (Å²) in [6, 6.07) is 5.65. The monoisotopic (exact) mass is 449 g/mol. The molecule has 0 bridgehead atoms. The maximum Gasteiger partial charge on any atom is 0.323 e. The molecule has 2 aliphatic rings. The molecule has 2 atom stereocenters. The molecule has 8 nitrogen and oxygen atoms in total. The molecule has 1 saturated heterocycles. The maximum atomic E-state index is 13.1. The second-order valence-corrected chi connectivity index (χ2v) is 9.30. The first kappa shape index (κ1) is 23.6. The van der Waals surface area contributed by atoms with Gasteiger partial charge < -0.3 is 15.5 Å². The summed E-state index contributed by atoms with van der Waals surface area (Å²) in [6.45, 7) is 1.65. The zero-order valence-electron chi connectivity index (χ0n) is 17.6. The Morgan fingerprint density at radius 3 is 2.65 bits per heavy atom. The highest BCUT2D eigenvalue weighted by atomic mass is 32.2. The molecule has 4 N–H and O–H groups in total. The van der Waals surface area contributed by atoms with Crippen LogP contribution in [0.15, 0.2) is 24.3 Å². The minimum atomic E-state index is -1.10. The minimum absolute atomic E-state index is 0.371. The number of carboxylic acid groups (broad SMARTS) is 2. The molecule has 2 aliphatic heterocycles. The number of thioether (sulfide) groups is 1. The topological polar surface area (TPSA) is 119 Å². The summed E-state index contributed by atoms with van der Waals surface area (Å²) in [7, 11) is 0. The zero-order valence-corrected chi connectivity index (χ0v) is 18.4. The van der Waals surface area contributed by atoms with Crippen LogP contribution in [0.2, 0.25) is 0 Å². The van der Waals surface area contributed by atoms with Crippen molar-refractivity contribution < 1.29 is 24.6 Å². The Bertz CT molecular complexity index is 784. The molecule has 0 aromatic heterocycles. The predicted octanol–water partition coefficient (Wildman–Crippen LogP) is 1.58. The Kier molecular flexibility index (Phi) is 8.74. The fraction of sp³-hybridized carbons (Fsp3) is 0.591. The number of piperidine rings is 1. The zero-order chi connectivity index (χ0) is 22.2. The van der Waals surface area contributed by atoms with E-state index in [0.717, 1.165) is 43.7 Å². The molecule has 2 heterocycles. The summed E-state index contributed by atoms with van der Waals surface area (Å²) in [5, 5.41) is 25.3. The number of aryl methyl sites for hydroxylation is 1. The molecule has 0 radical (unpaired) electrons. The SMILES string of the molecule is O=C(O)CN1C(=O)C(NC(CSCCC2CCNCC2)C(=O)O)CCc2ccccc21. The van der Waals surface area contributed by atoms with Gasteiger partial charge in [-0.2, -0.15) is 11.8 Å². The Labute approximate surface area is 186 Å². The van der Waals surface area contributed by atoms with Gasteiger partial charge >= 0.3 is 11.9 Å². The van der Waals surface area contributed by atoms with E-state index < -0.39 is 36.5 Å². The number of benzene rings is 1. The fourth-order valence-electron chi connectivity index (χ4n) is 4.22. The van der Waals surface area contributed by atoms with Crippen LogP contribution in [0.1, 0.15) is 31.2 Å². The van der Waals surface area contributed by atoms with Crippen LogP contribution in [0.25, 0.3) is 0 Å². The highest BCUT2D eigenvalue weighted by Crippen LogP contribution is 2.27. The standard InChI is InChI=1S/C22H31N3O5S/c26-20(27)13-25-19-4-2-1-3-16(19)5-6-17(21(25)28)24-18(22(29)30)14-31-12-9-15-7-10-23-11-8-15/h1-4,15,17-18,23-24H,5-14H2,(H,26,27)(H,29,30). The second-order valence-electron chi connectivity index (χ2n) is 8.15. The Hall–Kier alpha value is -2.10. The van der Waals surface area contributed by atoms with Crippen molar-refractivity contribution in [2.75, 3.05) is 36.0 Å². The van der Waals surface area contributed by atoms with Gasteiger partial charge in [-0.25, -0.2) is 0 Å². The van der Waals surface area contributed by atoms with Gasteiger partial charge in [0.15, 0.2) is 0 Å². The van der Waals surface area contributed by atoms with E-state index in [1.165, 1.54) is 4.90 Å². The van der Waals surface area contributed by atoms with E-state index in [9.17, 15) is 24.6 Å². The fourth-order valence-corrected chi connectivity index (χ4v) is 5.36. The normalized spacial score (nSPS) is 20.7. The predicted molar refractivity (Wildman–Crippen MR) is 121 cm³/mol. The van der Waals surface area contributed by atoms with Crippen molar-refractivity contribution in [3.8, 4) is 0 Å². The lowest BCUT2D eigenvalue weighted by Crippen LogP contribution is -2.53. The van der Waals surface area contributed by atoms with Gasteiger partial charge in [0.05, 0.1) is 6.04 Å². The summed E-state index contributed by atoms with van der Waals surface area (Å²) < 4.78 is 0. The Morgan fingerprint density at radius 2 is 1.94 bits per heavy atom. The molecular formula is C22H31N3O5S. The molecule has 0 saturated carbocycles. The average Bonchev–Trinajstić information content (AvgIpc) is 2.88. The van der Waals surface area contributed by atoms with Crippen LogP contribution in [0.3, 0.4) is 0 Å². The van der Waals surface area contributed by atoms with Gasteiger partial charge in [0.25, 0.3) is 0 Å². The van der Waals surface area contributed by atoms with E-state index in [-0.39, 0.29) is 0 Å². The molecule has 2 unspecified atom stereocenters. The number of carbonyl (C=O) groups is 3. The molecular weight excluding hydrogens is 418 g/mol. The van der Waals surface area contributed by atoms with Crippen molar-refractivity contribution in [2.24, 2.45) is 5.92 Å². The smallest absolute Gasteiger partial charge is 0.323 e. The van der Waals surface area contributed by atoms with Crippen molar-refractivity contribution in [3.05, 3.63) is 29.8 Å². The molecule has 31 heavy (non-hydrogen) atoms. The summed E-state index contributed by atoms with van der Waals surface area (Å²) in [5.41, 5.74) is 1.48. The largest absolute Gasteiger partial charge is 0.480 e. The van der Waals surface area contributed by atoms with E-state index in [0.29, 0.717) is 30.2 Å². The first-order chi connectivity index (χ1) is 15.0. The van der Waals surface area contributed by atoms with Crippen LogP contribution in [0.5, 0.6) is 0 Å². The molecule has 9 heteroatoms. The van der Waals surface area contributed by atoms with Gasteiger partial charge in [0.2, 0.25) is 5.91 Å². The number of aliphatic carboxylic acids is 2. The van der Waals surface area contributed by atoms with Crippen LogP contribution < -0.4 is 15.5 Å². The molecule has 3 rings (SSSR count). The number of nitrogens with one attached hydrogen (secondary N) is 2. The van der Waals surface area contributed by atoms with Gasteiger partial charge in [-0.3, -0.25) is 24.6 Å². The molecule has 1 fully saturated rings. The van der Waals surface area contributed by atoms with Crippen LogP contribution in [0, 0.1) is 5.92 Å². The summed E-state index contributed by atoms with van der Waals surface area (Å²) >= 11 is 1.59. The maximum absolute atomic E-state index is 13.1. The number of carbonyl (C=O) groups excluding carboxylic acids is 1. The number of anilines is 1. The van der Waals surface area contributed by atoms with Gasteiger partial charge in [0.1, 0.15) is 12.6 Å². The highest BCUT2D eigenvalue weighted by molar-refractivity contribution is 7.99. The van der Waals surface area contributed by atoms with Gasteiger partial charge in [0, 0.05) is 11.4 Å². The molecule has 1 aromatic carbocycles. The number of rotatable bonds is 10. The quantitative estimate of drug-likeness (QED) is 0.398. The number of hydrogen-bond donors (Lipinski definition) is 4. The lowest BCUT2D eigenvalue weighted by atomic mass is 9.96. The summed E-state index contributed by atoms with van der Waals surface area (Å²) in [5.74, 6) is -0.531. The van der Waals surface area contributed by atoms with Crippen LogP contribution in [0.4, 0.5) is 5.69 Å². The summed E-state index contributed by atoms with van der Waals surface area (Å²) in [4.78, 5) is 37.6. The number of amides is 1. The number of carboxylic acids is 2. The van der Waals surface area contributed by atoms with Gasteiger partial charge in [-0.15, -0.1) is 0 Å². The van der Waals surface area contributed by atoms with E-state index in [4.69, 9.17) is 0 Å². The van der Waals surface area contributed by atoms with Crippen molar-refractivity contribution in [3.63, 3.8) is 0 Å². The van der Waals surface area contributed by atoms with Crippen LogP contribution in [-0.2, 0) is 20.8 Å². The van der Waals surface area contributed by atoms with Crippen molar-refractivity contribution >= 4 is 35.3 Å². The molecule has 0 spiro atoms. The average molecular weight is 450 g/mol. The highest BCUT2D eigenvalue weighted by Gasteiger charge is 2.34. The third-order valence-electron chi connectivity index (χ3n) is 5.96. The third-order valence-corrected chi connectivity index (χ3v) is 7.05. The Balaban J connectivity index is 1.60. The first-order valence-electron chi connectivity index (χ1n) is 10.8. The minimum Gasteiger partial charge on any atom is -0.480 e. The van der Waals surface area contributed by atoms with E-state index in [1.54, 1.807) is 23.9 Å². The van der Waals surface area contributed by atoms with Gasteiger partial charge in [-0.05, 0) is 68.5 Å². The molecule has 1 amide bonds.